The van der Waals surface area contributed by atoms with Gasteiger partial charge in [0.05, 0.1) is 6.07 Å². The van der Waals surface area contributed by atoms with Gasteiger partial charge in [-0.3, -0.25) is 4.57 Å². The third kappa shape index (κ3) is 4.78. The van der Waals surface area contributed by atoms with Crippen LogP contribution >= 0.6 is 23.4 Å². The fraction of sp³-hybridized carbons (Fsp3) is 0.211. The van der Waals surface area contributed by atoms with Crippen molar-refractivity contribution in [2.24, 2.45) is 0 Å². The van der Waals surface area contributed by atoms with Gasteiger partial charge in [0.1, 0.15) is 12.4 Å². The molecule has 0 saturated carbocycles. The van der Waals surface area contributed by atoms with Crippen LogP contribution < -0.4 is 4.74 Å². The summed E-state index contributed by atoms with van der Waals surface area (Å²) in [5.74, 6) is 2.26. The van der Waals surface area contributed by atoms with E-state index in [1.165, 1.54) is 0 Å². The summed E-state index contributed by atoms with van der Waals surface area (Å²) in [4.78, 5) is 0. The van der Waals surface area contributed by atoms with E-state index in [0.717, 1.165) is 28.8 Å². The van der Waals surface area contributed by atoms with Crippen LogP contribution in [-0.2, 0) is 6.61 Å². The Balaban J connectivity index is 1.79. The molecular weight excluding hydrogens is 368 g/mol. The van der Waals surface area contributed by atoms with Crippen LogP contribution in [0.2, 0.25) is 5.02 Å². The zero-order valence-corrected chi connectivity index (χ0v) is 15.6. The maximum absolute atomic E-state index is 8.68. The molecule has 1 aromatic heterocycles. The quantitative estimate of drug-likeness (QED) is 0.408. The molecule has 0 aliphatic carbocycles. The number of nitrogens with zero attached hydrogens (tertiary/aromatic N) is 4. The number of aromatic nitrogens is 3. The number of unbranched alkanes of at least 4 members (excludes halogenated alkanes) is 1. The molecule has 0 spiro atoms. The SMILES string of the molecule is N#CCCCSc1nnc(COc2ccc(Cl)cc2)n1-c1ccccc1. The van der Waals surface area contributed by atoms with Gasteiger partial charge < -0.3 is 4.74 Å². The average molecular weight is 385 g/mol. The highest BCUT2D eigenvalue weighted by Crippen LogP contribution is 2.24. The molecule has 0 aliphatic heterocycles. The van der Waals surface area contributed by atoms with Crippen molar-refractivity contribution in [3.63, 3.8) is 0 Å². The number of para-hydroxylation sites is 1. The summed E-state index contributed by atoms with van der Waals surface area (Å²) in [7, 11) is 0. The van der Waals surface area contributed by atoms with Crippen molar-refractivity contribution in [1.82, 2.24) is 14.8 Å². The second-order valence-corrected chi connectivity index (χ2v) is 6.92. The topological polar surface area (TPSA) is 63.7 Å². The molecule has 0 N–H and O–H groups in total. The van der Waals surface area contributed by atoms with Crippen molar-refractivity contribution < 1.29 is 4.74 Å². The monoisotopic (exact) mass is 384 g/mol. The second-order valence-electron chi connectivity index (χ2n) is 5.42. The molecule has 0 bridgehead atoms. The summed E-state index contributed by atoms with van der Waals surface area (Å²) in [6.07, 6.45) is 1.36. The molecule has 7 heteroatoms. The highest BCUT2D eigenvalue weighted by Gasteiger charge is 2.15. The average Bonchev–Trinajstić information content (AvgIpc) is 3.08. The van der Waals surface area contributed by atoms with Crippen molar-refractivity contribution in [2.45, 2.75) is 24.6 Å². The van der Waals surface area contributed by atoms with Gasteiger partial charge in [-0.1, -0.05) is 41.6 Å². The van der Waals surface area contributed by atoms with Crippen LogP contribution in [0.1, 0.15) is 18.7 Å². The molecule has 0 aliphatic rings. The van der Waals surface area contributed by atoms with Crippen LogP contribution in [0.25, 0.3) is 5.69 Å². The molecule has 1 heterocycles. The molecule has 0 saturated heterocycles. The predicted molar refractivity (Wildman–Crippen MR) is 103 cm³/mol. The lowest BCUT2D eigenvalue weighted by molar-refractivity contribution is 0.293. The summed E-state index contributed by atoms with van der Waals surface area (Å²) in [6, 6.07) is 19.3. The minimum Gasteiger partial charge on any atom is -0.486 e. The van der Waals surface area contributed by atoms with E-state index in [1.54, 1.807) is 23.9 Å². The van der Waals surface area contributed by atoms with Crippen molar-refractivity contribution in [1.29, 1.82) is 5.26 Å². The summed E-state index contributed by atoms with van der Waals surface area (Å²) in [5.41, 5.74) is 0.981. The van der Waals surface area contributed by atoms with Gasteiger partial charge in [0.2, 0.25) is 0 Å². The molecule has 0 fully saturated rings. The number of halogens is 1. The number of hydrogen-bond donors (Lipinski definition) is 0. The lowest BCUT2D eigenvalue weighted by Crippen LogP contribution is -2.06. The molecule has 3 rings (SSSR count). The molecular formula is C19H17ClN4OS. The first-order valence-corrected chi connectivity index (χ1v) is 9.52. The van der Waals surface area contributed by atoms with Crippen LogP contribution in [-0.4, -0.2) is 20.5 Å². The lowest BCUT2D eigenvalue weighted by atomic mass is 10.3. The van der Waals surface area contributed by atoms with E-state index >= 15 is 0 Å². The van der Waals surface area contributed by atoms with Gasteiger partial charge in [0, 0.05) is 22.9 Å². The Labute approximate surface area is 161 Å². The molecule has 5 nitrogen and oxygen atoms in total. The van der Waals surface area contributed by atoms with E-state index in [9.17, 15) is 0 Å². The molecule has 132 valence electrons. The zero-order chi connectivity index (χ0) is 18.2. The van der Waals surface area contributed by atoms with Crippen LogP contribution in [0.15, 0.2) is 59.8 Å². The van der Waals surface area contributed by atoms with Gasteiger partial charge in [-0.2, -0.15) is 5.26 Å². The highest BCUT2D eigenvalue weighted by molar-refractivity contribution is 7.99. The largest absolute Gasteiger partial charge is 0.486 e. The van der Waals surface area contributed by atoms with Gasteiger partial charge in [-0.25, -0.2) is 0 Å². The zero-order valence-electron chi connectivity index (χ0n) is 14.0. The van der Waals surface area contributed by atoms with Crippen molar-refractivity contribution >= 4 is 23.4 Å². The van der Waals surface area contributed by atoms with E-state index in [4.69, 9.17) is 21.6 Å². The summed E-state index contributed by atoms with van der Waals surface area (Å²) < 4.78 is 7.82. The van der Waals surface area contributed by atoms with Gasteiger partial charge in [-0.05, 0) is 42.8 Å². The number of rotatable bonds is 8. The van der Waals surface area contributed by atoms with Crippen LogP contribution in [0.3, 0.4) is 0 Å². The molecule has 3 aromatic rings. The van der Waals surface area contributed by atoms with E-state index < -0.39 is 0 Å². The van der Waals surface area contributed by atoms with Gasteiger partial charge in [0.15, 0.2) is 11.0 Å². The lowest BCUT2D eigenvalue weighted by Gasteiger charge is -2.11. The molecule has 0 radical (unpaired) electrons. The highest BCUT2D eigenvalue weighted by atomic mass is 35.5. The molecule has 0 amide bonds. The van der Waals surface area contributed by atoms with E-state index in [0.29, 0.717) is 23.9 Å². The Morgan fingerprint density at radius 2 is 1.85 bits per heavy atom. The minimum absolute atomic E-state index is 0.294. The van der Waals surface area contributed by atoms with Gasteiger partial charge in [0.25, 0.3) is 0 Å². The van der Waals surface area contributed by atoms with E-state index in [-0.39, 0.29) is 0 Å². The summed E-state index contributed by atoms with van der Waals surface area (Å²) >= 11 is 7.50. The van der Waals surface area contributed by atoms with Crippen LogP contribution in [0, 0.1) is 11.3 Å². The Bertz CT molecular complexity index is 875. The first kappa shape index (κ1) is 18.3. The fourth-order valence-corrected chi connectivity index (χ4v) is 3.35. The standard InChI is InChI=1S/C19H17ClN4OS/c20-15-8-10-17(11-9-15)25-14-18-22-23-19(26-13-5-4-12-21)24(18)16-6-2-1-3-7-16/h1-3,6-11H,4-5,13-14H2. The number of benzene rings is 2. The molecule has 2 aromatic carbocycles. The normalized spacial score (nSPS) is 10.5. The van der Waals surface area contributed by atoms with E-state index in [2.05, 4.69) is 16.3 Å². The third-order valence-electron chi connectivity index (χ3n) is 3.56. The maximum Gasteiger partial charge on any atom is 0.195 e. The smallest absolute Gasteiger partial charge is 0.195 e. The first-order chi connectivity index (χ1) is 12.8. The Hall–Kier alpha value is -2.49. The summed E-state index contributed by atoms with van der Waals surface area (Å²) in [6.45, 7) is 0.294. The maximum atomic E-state index is 8.68. The Kier molecular flexibility index (Phi) is 6.53. The predicted octanol–water partition coefficient (Wildman–Crippen LogP) is 4.90. The van der Waals surface area contributed by atoms with Crippen molar-refractivity contribution in [3.05, 3.63) is 65.4 Å². The molecule has 0 unspecified atom stereocenters. The van der Waals surface area contributed by atoms with Crippen molar-refractivity contribution in [2.75, 3.05) is 5.75 Å². The molecule has 26 heavy (non-hydrogen) atoms. The van der Waals surface area contributed by atoms with Gasteiger partial charge in [-0.15, -0.1) is 10.2 Å². The molecule has 0 atom stereocenters. The number of ether oxygens (including phenoxy) is 1. The van der Waals surface area contributed by atoms with E-state index in [1.807, 2.05) is 47.0 Å². The number of hydrogen-bond acceptors (Lipinski definition) is 5. The Morgan fingerprint density at radius 3 is 2.58 bits per heavy atom. The Morgan fingerprint density at radius 1 is 1.08 bits per heavy atom. The van der Waals surface area contributed by atoms with Crippen molar-refractivity contribution in [3.8, 4) is 17.5 Å². The second kappa shape index (κ2) is 9.27. The minimum atomic E-state index is 0.294. The first-order valence-electron chi connectivity index (χ1n) is 8.16. The van der Waals surface area contributed by atoms with Gasteiger partial charge >= 0.3 is 0 Å². The number of thioether (sulfide) groups is 1. The summed E-state index contributed by atoms with van der Waals surface area (Å²) in [5, 5.41) is 18.7. The fourth-order valence-electron chi connectivity index (χ4n) is 2.32. The third-order valence-corrected chi connectivity index (χ3v) is 4.83. The van der Waals surface area contributed by atoms with Crippen LogP contribution in [0.4, 0.5) is 0 Å². The number of nitriles is 1. The van der Waals surface area contributed by atoms with Crippen LogP contribution in [0.5, 0.6) is 5.75 Å².